The summed E-state index contributed by atoms with van der Waals surface area (Å²) < 4.78 is 80.9. The maximum absolute atomic E-state index is 9.60. The van der Waals surface area contributed by atoms with Crippen LogP contribution in [-0.4, -0.2) is 0 Å². The molecule has 0 atom stereocenters. The van der Waals surface area contributed by atoms with E-state index in [4.69, 9.17) is 9.90 Å². The molecule has 10 aromatic carbocycles. The molecule has 0 unspecified atom stereocenters. The van der Waals surface area contributed by atoms with Gasteiger partial charge in [0.05, 0.1) is 11.0 Å². The molecule has 1 aromatic heterocycles. The lowest BCUT2D eigenvalue weighted by atomic mass is 9.83. The smallest absolute Gasteiger partial charge is 0.143 e. The lowest BCUT2D eigenvalue weighted by molar-refractivity contribution is 0.673. The highest BCUT2D eigenvalue weighted by Crippen LogP contribution is 2.49. The molecule has 0 aliphatic heterocycles. The molecule has 0 radical (unpaired) electrons. The lowest BCUT2D eigenvalue weighted by Gasteiger charge is -2.20. The van der Waals surface area contributed by atoms with Crippen LogP contribution in [0.25, 0.3) is 109 Å². The summed E-state index contributed by atoms with van der Waals surface area (Å²) in [5, 5.41) is 7.81. The van der Waals surface area contributed by atoms with Gasteiger partial charge < -0.3 is 4.42 Å². The van der Waals surface area contributed by atoms with Gasteiger partial charge in [0.2, 0.25) is 0 Å². The predicted molar refractivity (Wildman–Crippen MR) is 218 cm³/mol. The monoisotopic (exact) mass is 654 g/mol. The summed E-state index contributed by atoms with van der Waals surface area (Å²) in [4.78, 5) is 0. The molecule has 236 valence electrons. The standard InChI is InChI=1S/C50H30O/c1-3-16-33-31(13-1)15-11-24-35(33)38-29-30-43(37-19-6-5-18-36(37)38)47-39-20-7-9-22-41(39)48(42-23-10-8-21-40(42)47)44-25-12-26-46-49(44)45-28-27-32-14-2-4-17-34(32)50(45)51-46/h1-30H/i7D,8D,9D,10D,20D,21D,22D,23D. The van der Waals surface area contributed by atoms with E-state index in [-0.39, 0.29) is 51.3 Å². The summed E-state index contributed by atoms with van der Waals surface area (Å²) in [7, 11) is 0. The third-order valence-corrected chi connectivity index (χ3v) is 10.3. The van der Waals surface area contributed by atoms with E-state index < -0.39 is 24.2 Å². The number of fused-ring (bicyclic) bond motifs is 9. The highest BCUT2D eigenvalue weighted by Gasteiger charge is 2.22. The number of rotatable bonds is 3. The maximum Gasteiger partial charge on any atom is 0.143 e. The fourth-order valence-electron chi connectivity index (χ4n) is 8.14. The minimum Gasteiger partial charge on any atom is -0.455 e. The van der Waals surface area contributed by atoms with Crippen LogP contribution in [0, 0.1) is 0 Å². The summed E-state index contributed by atoms with van der Waals surface area (Å²) in [5.41, 5.74) is 4.89. The second kappa shape index (κ2) is 10.9. The average molecular weight is 655 g/mol. The van der Waals surface area contributed by atoms with Crippen molar-refractivity contribution in [3.8, 4) is 33.4 Å². The fraction of sp³-hybridized carbons (Fsp3) is 0. The molecule has 0 saturated carbocycles. The van der Waals surface area contributed by atoms with Crippen molar-refractivity contribution >= 4 is 75.8 Å². The normalized spacial score (nSPS) is 14.1. The Balaban J connectivity index is 1.36. The van der Waals surface area contributed by atoms with Crippen LogP contribution in [0.2, 0.25) is 0 Å². The zero-order chi connectivity index (χ0) is 40.4. The SMILES string of the molecule is [2H]c1c([2H])c([2H])c2c(-c3cccc4oc5c6ccccc6ccc5c34)c3c([2H])c([2H])c([2H])c([2H])c3c(-c3ccc(-c4cccc5ccccc45)c4ccccc34)c2c1[2H]. The van der Waals surface area contributed by atoms with Crippen LogP contribution < -0.4 is 0 Å². The Bertz CT molecular complexity index is 3580. The second-order valence-electron chi connectivity index (χ2n) is 12.9. The van der Waals surface area contributed by atoms with Crippen LogP contribution in [0.1, 0.15) is 11.0 Å². The van der Waals surface area contributed by atoms with Crippen molar-refractivity contribution in [3.05, 3.63) is 182 Å². The van der Waals surface area contributed by atoms with Crippen LogP contribution in [0.5, 0.6) is 0 Å². The van der Waals surface area contributed by atoms with Gasteiger partial charge in [0.15, 0.2) is 0 Å². The van der Waals surface area contributed by atoms with E-state index in [1.54, 1.807) is 0 Å². The molecule has 51 heavy (non-hydrogen) atoms. The van der Waals surface area contributed by atoms with Crippen LogP contribution in [0.3, 0.4) is 0 Å². The molecule has 0 bridgehead atoms. The molecule has 0 spiro atoms. The van der Waals surface area contributed by atoms with Gasteiger partial charge in [0, 0.05) is 16.2 Å². The van der Waals surface area contributed by atoms with Crippen molar-refractivity contribution in [1.29, 1.82) is 0 Å². The van der Waals surface area contributed by atoms with Gasteiger partial charge in [-0.2, -0.15) is 0 Å². The van der Waals surface area contributed by atoms with Gasteiger partial charge in [0.1, 0.15) is 11.2 Å². The van der Waals surface area contributed by atoms with Crippen LogP contribution in [0.4, 0.5) is 0 Å². The minimum absolute atomic E-state index is 0.161. The maximum atomic E-state index is 9.60. The van der Waals surface area contributed by atoms with Crippen molar-refractivity contribution in [3.63, 3.8) is 0 Å². The van der Waals surface area contributed by atoms with E-state index in [0.29, 0.717) is 33.2 Å². The lowest BCUT2D eigenvalue weighted by Crippen LogP contribution is -1.93. The molecule has 0 amide bonds. The summed E-state index contributed by atoms with van der Waals surface area (Å²) in [6.45, 7) is 0. The molecule has 0 saturated heterocycles. The molecular weight excluding hydrogens is 617 g/mol. The molecule has 1 heterocycles. The first-order valence-electron chi connectivity index (χ1n) is 20.9. The zero-order valence-electron chi connectivity index (χ0n) is 35.1. The Labute approximate surface area is 305 Å². The van der Waals surface area contributed by atoms with E-state index in [0.717, 1.165) is 48.8 Å². The van der Waals surface area contributed by atoms with Crippen LogP contribution in [0.15, 0.2) is 186 Å². The largest absolute Gasteiger partial charge is 0.455 e. The van der Waals surface area contributed by atoms with Gasteiger partial charge in [-0.3, -0.25) is 0 Å². The van der Waals surface area contributed by atoms with Crippen LogP contribution >= 0.6 is 0 Å². The van der Waals surface area contributed by atoms with Crippen molar-refractivity contribution in [2.24, 2.45) is 0 Å². The van der Waals surface area contributed by atoms with Gasteiger partial charge in [0.25, 0.3) is 0 Å². The van der Waals surface area contributed by atoms with E-state index in [9.17, 15) is 5.48 Å². The zero-order valence-corrected chi connectivity index (χ0v) is 27.1. The Morgan fingerprint density at radius 1 is 0.333 bits per heavy atom. The van der Waals surface area contributed by atoms with Crippen molar-refractivity contribution < 1.29 is 15.4 Å². The third kappa shape index (κ3) is 4.09. The molecule has 1 nitrogen and oxygen atoms in total. The Morgan fingerprint density at radius 2 is 0.824 bits per heavy atom. The number of hydrogen-bond acceptors (Lipinski definition) is 1. The minimum atomic E-state index is -0.443. The molecule has 11 aromatic rings. The summed E-state index contributed by atoms with van der Waals surface area (Å²) in [6.07, 6.45) is 0. The topological polar surface area (TPSA) is 13.1 Å². The molecular formula is C50H30O. The Morgan fingerprint density at radius 3 is 1.53 bits per heavy atom. The first-order valence-corrected chi connectivity index (χ1v) is 16.9. The highest BCUT2D eigenvalue weighted by atomic mass is 16.3. The Hall–Kier alpha value is -6.70. The van der Waals surface area contributed by atoms with Crippen molar-refractivity contribution in [1.82, 2.24) is 0 Å². The van der Waals surface area contributed by atoms with Gasteiger partial charge in [-0.25, -0.2) is 0 Å². The first kappa shape index (κ1) is 21.4. The quantitative estimate of drug-likeness (QED) is 0.173. The molecule has 0 aliphatic carbocycles. The molecule has 0 aliphatic rings. The molecule has 0 fully saturated rings. The van der Waals surface area contributed by atoms with E-state index in [2.05, 4.69) is 24.3 Å². The number of benzene rings is 10. The molecule has 0 N–H and O–H groups in total. The van der Waals surface area contributed by atoms with Gasteiger partial charge in [-0.05, 0) is 94.0 Å². The fourth-order valence-corrected chi connectivity index (χ4v) is 8.14. The van der Waals surface area contributed by atoms with Gasteiger partial charge in [-0.1, -0.05) is 170 Å². The molecule has 1 heteroatoms. The summed E-state index contributed by atoms with van der Waals surface area (Å²) in [5.74, 6) is 0. The summed E-state index contributed by atoms with van der Waals surface area (Å²) in [6, 6.07) is 40.5. The first-order chi connectivity index (χ1) is 28.7. The van der Waals surface area contributed by atoms with Gasteiger partial charge in [-0.15, -0.1) is 0 Å². The van der Waals surface area contributed by atoms with Gasteiger partial charge >= 0.3 is 0 Å². The number of furan rings is 1. The summed E-state index contributed by atoms with van der Waals surface area (Å²) >= 11 is 0. The van der Waals surface area contributed by atoms with Crippen molar-refractivity contribution in [2.45, 2.75) is 0 Å². The predicted octanol–water partition coefficient (Wildman–Crippen LogP) is 14.4. The van der Waals surface area contributed by atoms with E-state index in [1.165, 1.54) is 0 Å². The number of hydrogen-bond donors (Lipinski definition) is 0. The average Bonchev–Trinajstić information content (AvgIpc) is 3.67. The van der Waals surface area contributed by atoms with Crippen molar-refractivity contribution in [2.75, 3.05) is 0 Å². The molecule has 11 rings (SSSR count). The highest BCUT2D eigenvalue weighted by molar-refractivity contribution is 6.28. The van der Waals surface area contributed by atoms with Crippen LogP contribution in [-0.2, 0) is 0 Å². The second-order valence-corrected chi connectivity index (χ2v) is 12.9. The van der Waals surface area contributed by atoms with E-state index in [1.807, 2.05) is 109 Å². The van der Waals surface area contributed by atoms with E-state index >= 15 is 0 Å². The Kier molecular flexibility index (Phi) is 4.57. The third-order valence-electron chi connectivity index (χ3n) is 10.3.